The molecule has 1 N–H and O–H groups in total. The maximum atomic E-state index is 6.06. The first-order chi connectivity index (χ1) is 12.3. The van der Waals surface area contributed by atoms with E-state index in [-0.39, 0.29) is 5.92 Å². The number of hydrogen-bond acceptors (Lipinski definition) is 2. The van der Waals surface area contributed by atoms with E-state index in [0.717, 1.165) is 22.4 Å². The van der Waals surface area contributed by atoms with E-state index < -0.39 is 0 Å². The topological polar surface area (TPSA) is 37.9 Å². The van der Waals surface area contributed by atoms with Crippen molar-refractivity contribution in [3.63, 3.8) is 0 Å². The van der Waals surface area contributed by atoms with Gasteiger partial charge < -0.3 is 9.72 Å². The molecular weight excluding hydrogens is 308 g/mol. The SMILES string of the molecule is CC(c1cc2ccccc2[nH]1)c1ccncc1OCc1ccccc1. The van der Waals surface area contributed by atoms with Gasteiger partial charge in [-0.25, -0.2) is 0 Å². The number of pyridine rings is 1. The van der Waals surface area contributed by atoms with Crippen molar-refractivity contribution < 1.29 is 4.74 Å². The second-order valence-corrected chi connectivity index (χ2v) is 6.22. The van der Waals surface area contributed by atoms with Gasteiger partial charge in [-0.3, -0.25) is 4.98 Å². The van der Waals surface area contributed by atoms with E-state index in [1.807, 2.05) is 36.5 Å². The standard InChI is InChI=1S/C22H20N2O/c1-16(21-13-18-9-5-6-10-20(18)24-21)19-11-12-23-14-22(19)25-15-17-7-3-2-4-8-17/h2-14,16,24H,15H2,1H3. The number of rotatable bonds is 5. The zero-order chi connectivity index (χ0) is 17.1. The van der Waals surface area contributed by atoms with E-state index in [0.29, 0.717) is 6.61 Å². The van der Waals surface area contributed by atoms with Gasteiger partial charge in [-0.05, 0) is 29.1 Å². The lowest BCUT2D eigenvalue weighted by Crippen LogP contribution is -2.03. The highest BCUT2D eigenvalue weighted by Crippen LogP contribution is 2.32. The number of nitrogens with one attached hydrogen (secondary N) is 1. The molecule has 0 aliphatic heterocycles. The Morgan fingerprint density at radius 2 is 1.80 bits per heavy atom. The molecule has 2 aromatic carbocycles. The van der Waals surface area contributed by atoms with E-state index in [1.54, 1.807) is 6.20 Å². The van der Waals surface area contributed by atoms with Crippen LogP contribution in [-0.2, 0) is 6.61 Å². The van der Waals surface area contributed by atoms with Crippen LogP contribution in [-0.4, -0.2) is 9.97 Å². The summed E-state index contributed by atoms with van der Waals surface area (Å²) >= 11 is 0. The molecule has 1 atom stereocenters. The average Bonchev–Trinajstić information content (AvgIpc) is 3.11. The molecule has 3 nitrogen and oxygen atoms in total. The summed E-state index contributed by atoms with van der Waals surface area (Å²) in [5.41, 5.74) is 4.62. The molecule has 1 unspecified atom stereocenters. The molecule has 2 heterocycles. The number of fused-ring (bicyclic) bond motifs is 1. The Morgan fingerprint density at radius 1 is 1.00 bits per heavy atom. The van der Waals surface area contributed by atoms with Crippen molar-refractivity contribution in [2.45, 2.75) is 19.4 Å². The van der Waals surface area contributed by atoms with Crippen molar-refractivity contribution >= 4 is 10.9 Å². The molecule has 4 rings (SSSR count). The quantitative estimate of drug-likeness (QED) is 0.540. The third kappa shape index (κ3) is 3.26. The van der Waals surface area contributed by atoms with Gasteiger partial charge in [0.1, 0.15) is 12.4 Å². The number of para-hydroxylation sites is 1. The lowest BCUT2D eigenvalue weighted by molar-refractivity contribution is 0.301. The number of hydrogen-bond donors (Lipinski definition) is 1. The fourth-order valence-corrected chi connectivity index (χ4v) is 3.10. The van der Waals surface area contributed by atoms with Crippen LogP contribution in [0.2, 0.25) is 0 Å². The molecular formula is C22H20N2O. The second-order valence-electron chi connectivity index (χ2n) is 6.22. The van der Waals surface area contributed by atoms with Crippen LogP contribution in [0.5, 0.6) is 5.75 Å². The number of nitrogens with zero attached hydrogens (tertiary/aromatic N) is 1. The Labute approximate surface area is 147 Å². The van der Waals surface area contributed by atoms with Crippen LogP contribution >= 0.6 is 0 Å². The summed E-state index contributed by atoms with van der Waals surface area (Å²) in [7, 11) is 0. The summed E-state index contributed by atoms with van der Waals surface area (Å²) in [5, 5.41) is 1.23. The van der Waals surface area contributed by atoms with Crippen molar-refractivity contribution in [2.75, 3.05) is 0 Å². The maximum Gasteiger partial charge on any atom is 0.141 e. The Balaban J connectivity index is 1.61. The predicted octanol–water partition coefficient (Wildman–Crippen LogP) is 5.29. The normalized spacial score (nSPS) is 12.2. The minimum Gasteiger partial charge on any atom is -0.487 e. The van der Waals surface area contributed by atoms with Gasteiger partial charge >= 0.3 is 0 Å². The van der Waals surface area contributed by atoms with Crippen LogP contribution in [0.4, 0.5) is 0 Å². The highest BCUT2D eigenvalue weighted by Gasteiger charge is 2.16. The number of aromatic amines is 1. The Hall–Kier alpha value is -3.07. The van der Waals surface area contributed by atoms with Crippen LogP contribution in [0.3, 0.4) is 0 Å². The van der Waals surface area contributed by atoms with Crippen molar-refractivity contribution in [2.24, 2.45) is 0 Å². The van der Waals surface area contributed by atoms with Crippen molar-refractivity contribution in [3.8, 4) is 5.75 Å². The first-order valence-corrected chi connectivity index (χ1v) is 8.49. The molecule has 0 radical (unpaired) electrons. The lowest BCUT2D eigenvalue weighted by Gasteiger charge is -2.16. The largest absolute Gasteiger partial charge is 0.487 e. The third-order valence-corrected chi connectivity index (χ3v) is 4.54. The molecule has 0 saturated heterocycles. The Bertz CT molecular complexity index is 942. The first-order valence-electron chi connectivity index (χ1n) is 8.49. The number of benzene rings is 2. The fraction of sp³-hybridized carbons (Fsp3) is 0.136. The molecule has 3 heteroatoms. The molecule has 0 fully saturated rings. The molecule has 4 aromatic rings. The monoisotopic (exact) mass is 328 g/mol. The van der Waals surface area contributed by atoms with Gasteiger partial charge in [0.2, 0.25) is 0 Å². The zero-order valence-corrected chi connectivity index (χ0v) is 14.1. The summed E-state index contributed by atoms with van der Waals surface area (Å²) in [5.74, 6) is 1.03. The molecule has 0 spiro atoms. The molecule has 0 amide bonds. The molecule has 124 valence electrons. The van der Waals surface area contributed by atoms with Gasteiger partial charge in [0.05, 0.1) is 6.20 Å². The van der Waals surface area contributed by atoms with Crippen LogP contribution < -0.4 is 4.74 Å². The molecule has 2 aromatic heterocycles. The minimum absolute atomic E-state index is 0.196. The smallest absolute Gasteiger partial charge is 0.141 e. The summed E-state index contributed by atoms with van der Waals surface area (Å²) in [6, 6.07) is 22.8. The Kier molecular flexibility index (Phi) is 4.21. The van der Waals surface area contributed by atoms with Crippen LogP contribution in [0, 0.1) is 0 Å². The summed E-state index contributed by atoms with van der Waals surface area (Å²) < 4.78 is 6.06. The van der Waals surface area contributed by atoms with Gasteiger partial charge in [-0.15, -0.1) is 0 Å². The summed E-state index contributed by atoms with van der Waals surface area (Å²) in [6.07, 6.45) is 3.63. The number of ether oxygens (including phenoxy) is 1. The molecule has 0 saturated carbocycles. The third-order valence-electron chi connectivity index (χ3n) is 4.54. The van der Waals surface area contributed by atoms with Crippen molar-refractivity contribution in [1.29, 1.82) is 0 Å². The molecule has 0 aliphatic rings. The highest BCUT2D eigenvalue weighted by atomic mass is 16.5. The average molecular weight is 328 g/mol. The van der Waals surface area contributed by atoms with E-state index >= 15 is 0 Å². The van der Waals surface area contributed by atoms with E-state index in [9.17, 15) is 0 Å². The first kappa shape index (κ1) is 15.5. The van der Waals surface area contributed by atoms with Gasteiger partial charge in [0.15, 0.2) is 0 Å². The summed E-state index contributed by atoms with van der Waals surface area (Å²) in [4.78, 5) is 7.76. The van der Waals surface area contributed by atoms with Gasteiger partial charge in [0, 0.05) is 28.9 Å². The van der Waals surface area contributed by atoms with Gasteiger partial charge in [-0.1, -0.05) is 55.5 Å². The number of aromatic nitrogens is 2. The zero-order valence-electron chi connectivity index (χ0n) is 14.1. The van der Waals surface area contributed by atoms with Crippen LogP contribution in [0.1, 0.15) is 29.7 Å². The molecule has 0 bridgehead atoms. The van der Waals surface area contributed by atoms with Crippen LogP contribution in [0.25, 0.3) is 10.9 Å². The van der Waals surface area contributed by atoms with Gasteiger partial charge in [0.25, 0.3) is 0 Å². The maximum absolute atomic E-state index is 6.06. The Morgan fingerprint density at radius 3 is 2.64 bits per heavy atom. The molecule has 0 aliphatic carbocycles. The molecule has 25 heavy (non-hydrogen) atoms. The highest BCUT2D eigenvalue weighted by molar-refractivity contribution is 5.80. The predicted molar refractivity (Wildman–Crippen MR) is 101 cm³/mol. The summed E-state index contributed by atoms with van der Waals surface area (Å²) in [6.45, 7) is 2.73. The lowest BCUT2D eigenvalue weighted by atomic mass is 9.98. The van der Waals surface area contributed by atoms with Crippen LogP contribution in [0.15, 0.2) is 79.1 Å². The van der Waals surface area contributed by atoms with Crippen molar-refractivity contribution in [3.05, 3.63) is 95.9 Å². The number of H-pyrrole nitrogens is 1. The second kappa shape index (κ2) is 6.81. The van der Waals surface area contributed by atoms with Crippen molar-refractivity contribution in [1.82, 2.24) is 9.97 Å². The van der Waals surface area contributed by atoms with E-state index in [1.165, 1.54) is 11.1 Å². The van der Waals surface area contributed by atoms with E-state index in [4.69, 9.17) is 4.74 Å². The van der Waals surface area contributed by atoms with E-state index in [2.05, 4.69) is 53.3 Å². The minimum atomic E-state index is 0.196. The fourth-order valence-electron chi connectivity index (χ4n) is 3.10. The van der Waals surface area contributed by atoms with Gasteiger partial charge in [-0.2, -0.15) is 0 Å².